The van der Waals surface area contributed by atoms with Crippen LogP contribution >= 0.6 is 15.9 Å². The third-order valence-electron chi connectivity index (χ3n) is 3.33. The molecule has 6 heteroatoms. The van der Waals surface area contributed by atoms with E-state index in [1.807, 2.05) is 25.1 Å². The lowest BCUT2D eigenvalue weighted by Gasteiger charge is -2.06. The largest absolute Gasteiger partial charge is 0.395 e. The van der Waals surface area contributed by atoms with E-state index in [-0.39, 0.29) is 11.6 Å². The topological polar surface area (TPSA) is 83.8 Å². The zero-order valence-corrected chi connectivity index (χ0v) is 12.6. The van der Waals surface area contributed by atoms with Gasteiger partial charge in [-0.3, -0.25) is 9.89 Å². The van der Waals surface area contributed by atoms with Crippen LogP contribution in [0.15, 0.2) is 22.7 Å². The second kappa shape index (κ2) is 4.94. The maximum absolute atomic E-state index is 12.2. The SMILES string of the molecule is Cc1cc(Br)cc(NC(=O)c2n[nH]c(C3CC3)c2N)c1. The highest BCUT2D eigenvalue weighted by Crippen LogP contribution is 2.42. The number of nitrogen functional groups attached to an aromatic ring is 1. The summed E-state index contributed by atoms with van der Waals surface area (Å²) in [5, 5.41) is 9.75. The molecule has 1 saturated carbocycles. The number of nitrogens with zero attached hydrogens (tertiary/aromatic N) is 1. The number of hydrogen-bond acceptors (Lipinski definition) is 3. The van der Waals surface area contributed by atoms with Crippen LogP contribution in [0.2, 0.25) is 0 Å². The Kier molecular flexibility index (Phi) is 3.25. The first-order valence-electron chi connectivity index (χ1n) is 6.47. The van der Waals surface area contributed by atoms with Gasteiger partial charge in [-0.2, -0.15) is 5.10 Å². The van der Waals surface area contributed by atoms with Crippen molar-refractivity contribution in [3.05, 3.63) is 39.6 Å². The average Bonchev–Trinajstić information content (AvgIpc) is 3.11. The fourth-order valence-electron chi connectivity index (χ4n) is 2.22. The number of halogens is 1. The Labute approximate surface area is 125 Å². The van der Waals surface area contributed by atoms with Gasteiger partial charge in [0.1, 0.15) is 0 Å². The van der Waals surface area contributed by atoms with E-state index in [1.165, 1.54) is 0 Å². The molecule has 0 spiro atoms. The maximum atomic E-state index is 12.2. The normalized spacial score (nSPS) is 14.3. The molecule has 0 radical (unpaired) electrons. The lowest BCUT2D eigenvalue weighted by atomic mass is 10.2. The molecule has 1 aliphatic rings. The molecule has 1 heterocycles. The summed E-state index contributed by atoms with van der Waals surface area (Å²) in [5.41, 5.74) is 9.40. The summed E-state index contributed by atoms with van der Waals surface area (Å²) in [6, 6.07) is 5.71. The molecule has 3 rings (SSSR count). The molecule has 20 heavy (non-hydrogen) atoms. The molecule has 4 N–H and O–H groups in total. The Hall–Kier alpha value is -1.82. The van der Waals surface area contributed by atoms with E-state index < -0.39 is 0 Å². The van der Waals surface area contributed by atoms with Crippen molar-refractivity contribution in [2.45, 2.75) is 25.7 Å². The molecule has 1 amide bonds. The van der Waals surface area contributed by atoms with Gasteiger partial charge in [-0.05, 0) is 43.5 Å². The number of amides is 1. The van der Waals surface area contributed by atoms with Crippen molar-refractivity contribution in [2.75, 3.05) is 11.1 Å². The molecule has 1 aliphatic carbocycles. The van der Waals surface area contributed by atoms with Gasteiger partial charge >= 0.3 is 0 Å². The van der Waals surface area contributed by atoms with Crippen LogP contribution in [0.1, 0.15) is 40.5 Å². The number of H-pyrrole nitrogens is 1. The molecule has 1 aromatic heterocycles. The Morgan fingerprint density at radius 2 is 2.20 bits per heavy atom. The lowest BCUT2D eigenvalue weighted by molar-refractivity contribution is 0.102. The van der Waals surface area contributed by atoms with Crippen molar-refractivity contribution in [3.63, 3.8) is 0 Å². The molecule has 2 aromatic rings. The monoisotopic (exact) mass is 334 g/mol. The Bertz CT molecular complexity index is 656. The number of benzene rings is 1. The van der Waals surface area contributed by atoms with Crippen molar-refractivity contribution in [3.8, 4) is 0 Å². The van der Waals surface area contributed by atoms with Gasteiger partial charge in [0, 0.05) is 16.1 Å². The maximum Gasteiger partial charge on any atom is 0.278 e. The van der Waals surface area contributed by atoms with Crippen molar-refractivity contribution in [1.82, 2.24) is 10.2 Å². The Balaban J connectivity index is 1.82. The van der Waals surface area contributed by atoms with Gasteiger partial charge in [0.05, 0.1) is 11.4 Å². The van der Waals surface area contributed by atoms with E-state index in [1.54, 1.807) is 0 Å². The first-order chi connectivity index (χ1) is 9.54. The summed E-state index contributed by atoms with van der Waals surface area (Å²) in [4.78, 5) is 12.2. The molecule has 0 bridgehead atoms. The van der Waals surface area contributed by atoms with E-state index in [0.29, 0.717) is 11.6 Å². The van der Waals surface area contributed by atoms with E-state index >= 15 is 0 Å². The number of nitrogens with two attached hydrogens (primary N) is 1. The highest BCUT2D eigenvalue weighted by molar-refractivity contribution is 9.10. The van der Waals surface area contributed by atoms with E-state index in [4.69, 9.17) is 5.73 Å². The number of hydrogen-bond donors (Lipinski definition) is 3. The number of aryl methyl sites for hydroxylation is 1. The number of rotatable bonds is 3. The summed E-state index contributed by atoms with van der Waals surface area (Å²) in [7, 11) is 0. The molecule has 5 nitrogen and oxygen atoms in total. The zero-order chi connectivity index (χ0) is 14.3. The van der Waals surface area contributed by atoms with E-state index in [0.717, 1.165) is 34.3 Å². The highest BCUT2D eigenvalue weighted by atomic mass is 79.9. The second-order valence-electron chi connectivity index (χ2n) is 5.15. The van der Waals surface area contributed by atoms with Crippen LogP contribution in [-0.4, -0.2) is 16.1 Å². The Morgan fingerprint density at radius 3 is 2.85 bits per heavy atom. The fraction of sp³-hybridized carbons (Fsp3) is 0.286. The van der Waals surface area contributed by atoms with Crippen LogP contribution in [0.5, 0.6) is 0 Å². The molecular weight excluding hydrogens is 320 g/mol. The lowest BCUT2D eigenvalue weighted by Crippen LogP contribution is -2.14. The summed E-state index contributed by atoms with van der Waals surface area (Å²) >= 11 is 3.41. The number of carbonyl (C=O) groups is 1. The van der Waals surface area contributed by atoms with Crippen molar-refractivity contribution in [2.24, 2.45) is 0 Å². The molecule has 1 fully saturated rings. The van der Waals surface area contributed by atoms with Crippen LogP contribution in [0.3, 0.4) is 0 Å². The number of aromatic amines is 1. The summed E-state index contributed by atoms with van der Waals surface area (Å²) in [6.45, 7) is 1.97. The van der Waals surface area contributed by atoms with Crippen LogP contribution in [-0.2, 0) is 0 Å². The minimum atomic E-state index is -0.289. The van der Waals surface area contributed by atoms with Gasteiger partial charge in [-0.1, -0.05) is 15.9 Å². The summed E-state index contributed by atoms with van der Waals surface area (Å²) in [6.07, 6.45) is 2.22. The van der Waals surface area contributed by atoms with Gasteiger partial charge < -0.3 is 11.1 Å². The second-order valence-corrected chi connectivity index (χ2v) is 6.06. The summed E-state index contributed by atoms with van der Waals surface area (Å²) in [5.74, 6) is 0.153. The molecule has 104 valence electrons. The van der Waals surface area contributed by atoms with Crippen molar-refractivity contribution < 1.29 is 4.79 Å². The molecule has 0 aliphatic heterocycles. The quantitative estimate of drug-likeness (QED) is 0.805. The molecule has 0 unspecified atom stereocenters. The standard InChI is InChI=1S/C14H15BrN4O/c1-7-4-9(15)6-10(5-7)17-14(20)13-11(16)12(18-19-13)8-2-3-8/h4-6,8H,2-3,16H2,1H3,(H,17,20)(H,18,19). The zero-order valence-electron chi connectivity index (χ0n) is 11.0. The first-order valence-corrected chi connectivity index (χ1v) is 7.26. The first kappa shape index (κ1) is 13.2. The van der Waals surface area contributed by atoms with E-state index in [9.17, 15) is 4.79 Å². The number of aromatic nitrogens is 2. The van der Waals surface area contributed by atoms with Crippen molar-refractivity contribution >= 4 is 33.2 Å². The molecule has 0 atom stereocenters. The molecule has 1 aromatic carbocycles. The highest BCUT2D eigenvalue weighted by Gasteiger charge is 2.30. The number of anilines is 2. The third-order valence-corrected chi connectivity index (χ3v) is 3.79. The van der Waals surface area contributed by atoms with Crippen molar-refractivity contribution in [1.29, 1.82) is 0 Å². The van der Waals surface area contributed by atoms with Crippen LogP contribution in [0, 0.1) is 6.92 Å². The third kappa shape index (κ3) is 2.56. The van der Waals surface area contributed by atoms with Crippen LogP contribution in [0.25, 0.3) is 0 Å². The van der Waals surface area contributed by atoms with Crippen LogP contribution < -0.4 is 11.1 Å². The average molecular weight is 335 g/mol. The predicted molar refractivity (Wildman–Crippen MR) is 81.8 cm³/mol. The van der Waals surface area contributed by atoms with Gasteiger partial charge in [0.2, 0.25) is 0 Å². The van der Waals surface area contributed by atoms with Crippen LogP contribution in [0.4, 0.5) is 11.4 Å². The minimum Gasteiger partial charge on any atom is -0.395 e. The molecule has 0 saturated heterocycles. The van der Waals surface area contributed by atoms with Gasteiger partial charge in [0.15, 0.2) is 5.69 Å². The molecular formula is C14H15BrN4O. The smallest absolute Gasteiger partial charge is 0.278 e. The van der Waals surface area contributed by atoms with Gasteiger partial charge in [0.25, 0.3) is 5.91 Å². The predicted octanol–water partition coefficient (Wildman–Crippen LogP) is 3.19. The van der Waals surface area contributed by atoms with Gasteiger partial charge in [-0.15, -0.1) is 0 Å². The fourth-order valence-corrected chi connectivity index (χ4v) is 2.83. The number of nitrogens with one attached hydrogen (secondary N) is 2. The summed E-state index contributed by atoms with van der Waals surface area (Å²) < 4.78 is 0.918. The number of carbonyl (C=O) groups excluding carboxylic acids is 1. The Morgan fingerprint density at radius 1 is 1.45 bits per heavy atom. The minimum absolute atomic E-state index is 0.268. The van der Waals surface area contributed by atoms with Gasteiger partial charge in [-0.25, -0.2) is 0 Å². The van der Waals surface area contributed by atoms with E-state index in [2.05, 4.69) is 31.4 Å².